The van der Waals surface area contributed by atoms with E-state index in [9.17, 15) is 5.11 Å². The first kappa shape index (κ1) is 12.4. The van der Waals surface area contributed by atoms with Crippen LogP contribution < -0.4 is 0 Å². The SMILES string of the molecule is CC(C)C1CCC(O)C(C2CCOCC2)C1. The molecular weight excluding hydrogens is 200 g/mol. The van der Waals surface area contributed by atoms with Crippen LogP contribution in [0.3, 0.4) is 0 Å². The summed E-state index contributed by atoms with van der Waals surface area (Å²) in [5.41, 5.74) is 0. The van der Waals surface area contributed by atoms with E-state index in [1.807, 2.05) is 0 Å². The second kappa shape index (κ2) is 5.50. The molecule has 1 heterocycles. The lowest BCUT2D eigenvalue weighted by molar-refractivity contribution is -0.0306. The van der Waals surface area contributed by atoms with Gasteiger partial charge >= 0.3 is 0 Å². The molecule has 1 aliphatic carbocycles. The summed E-state index contributed by atoms with van der Waals surface area (Å²) >= 11 is 0. The van der Waals surface area contributed by atoms with E-state index < -0.39 is 0 Å². The summed E-state index contributed by atoms with van der Waals surface area (Å²) < 4.78 is 5.42. The Hall–Kier alpha value is -0.0800. The van der Waals surface area contributed by atoms with Crippen LogP contribution in [0.15, 0.2) is 0 Å². The average Bonchev–Trinajstić information content (AvgIpc) is 2.30. The van der Waals surface area contributed by atoms with Crippen molar-refractivity contribution in [2.75, 3.05) is 13.2 Å². The van der Waals surface area contributed by atoms with Crippen LogP contribution in [0.25, 0.3) is 0 Å². The first-order chi connectivity index (χ1) is 7.68. The highest BCUT2D eigenvalue weighted by Gasteiger charge is 2.36. The minimum absolute atomic E-state index is 0.0434. The molecule has 1 N–H and O–H groups in total. The molecule has 2 aliphatic rings. The van der Waals surface area contributed by atoms with Crippen molar-refractivity contribution in [1.29, 1.82) is 0 Å². The Kier molecular flexibility index (Phi) is 4.26. The number of hydrogen-bond donors (Lipinski definition) is 1. The highest BCUT2D eigenvalue weighted by atomic mass is 16.5. The second-order valence-corrected chi connectivity index (χ2v) is 6.00. The zero-order valence-corrected chi connectivity index (χ0v) is 10.7. The van der Waals surface area contributed by atoms with Gasteiger partial charge in [0.2, 0.25) is 0 Å². The molecule has 0 aromatic carbocycles. The Bertz CT molecular complexity index is 209. The van der Waals surface area contributed by atoms with Gasteiger partial charge in [-0.1, -0.05) is 13.8 Å². The molecule has 3 atom stereocenters. The quantitative estimate of drug-likeness (QED) is 0.784. The highest BCUT2D eigenvalue weighted by Crippen LogP contribution is 2.40. The summed E-state index contributed by atoms with van der Waals surface area (Å²) in [6.07, 6.45) is 5.75. The zero-order valence-electron chi connectivity index (χ0n) is 10.7. The van der Waals surface area contributed by atoms with Crippen molar-refractivity contribution < 1.29 is 9.84 Å². The van der Waals surface area contributed by atoms with Gasteiger partial charge in [0, 0.05) is 13.2 Å². The second-order valence-electron chi connectivity index (χ2n) is 6.00. The number of rotatable bonds is 2. The van der Waals surface area contributed by atoms with Crippen LogP contribution in [0.1, 0.15) is 46.0 Å². The largest absolute Gasteiger partial charge is 0.393 e. The van der Waals surface area contributed by atoms with Crippen molar-refractivity contribution >= 4 is 0 Å². The van der Waals surface area contributed by atoms with Gasteiger partial charge in [0.15, 0.2) is 0 Å². The molecule has 0 aromatic rings. The van der Waals surface area contributed by atoms with Gasteiger partial charge in [-0.3, -0.25) is 0 Å². The summed E-state index contributed by atoms with van der Waals surface area (Å²) in [5.74, 6) is 2.86. The van der Waals surface area contributed by atoms with Gasteiger partial charge in [-0.25, -0.2) is 0 Å². The molecule has 0 amide bonds. The Morgan fingerprint density at radius 3 is 2.38 bits per heavy atom. The number of aliphatic hydroxyl groups is 1. The highest BCUT2D eigenvalue weighted by molar-refractivity contribution is 4.86. The van der Waals surface area contributed by atoms with Crippen LogP contribution in [0.4, 0.5) is 0 Å². The molecule has 0 spiro atoms. The molecule has 2 fully saturated rings. The van der Waals surface area contributed by atoms with E-state index >= 15 is 0 Å². The lowest BCUT2D eigenvalue weighted by atomic mass is 9.68. The first-order valence-corrected chi connectivity index (χ1v) is 6.94. The molecule has 2 rings (SSSR count). The maximum absolute atomic E-state index is 10.2. The van der Waals surface area contributed by atoms with Gasteiger partial charge in [-0.2, -0.15) is 0 Å². The van der Waals surface area contributed by atoms with E-state index in [1.165, 1.54) is 12.8 Å². The van der Waals surface area contributed by atoms with Crippen LogP contribution in [0.2, 0.25) is 0 Å². The molecule has 3 unspecified atom stereocenters. The van der Waals surface area contributed by atoms with Crippen molar-refractivity contribution in [3.8, 4) is 0 Å². The monoisotopic (exact) mass is 226 g/mol. The van der Waals surface area contributed by atoms with Gasteiger partial charge in [0.05, 0.1) is 6.10 Å². The van der Waals surface area contributed by atoms with E-state index in [2.05, 4.69) is 13.8 Å². The molecule has 94 valence electrons. The van der Waals surface area contributed by atoms with Gasteiger partial charge in [-0.15, -0.1) is 0 Å². The molecule has 16 heavy (non-hydrogen) atoms. The fourth-order valence-electron chi connectivity index (χ4n) is 3.48. The van der Waals surface area contributed by atoms with Gasteiger partial charge in [-0.05, 0) is 55.8 Å². The minimum atomic E-state index is -0.0434. The minimum Gasteiger partial charge on any atom is -0.393 e. The van der Waals surface area contributed by atoms with Crippen LogP contribution in [0.5, 0.6) is 0 Å². The predicted octanol–water partition coefficient (Wildman–Crippen LogP) is 2.85. The maximum atomic E-state index is 10.2. The van der Waals surface area contributed by atoms with Gasteiger partial charge < -0.3 is 9.84 Å². The molecule has 1 saturated carbocycles. The third-order valence-corrected chi connectivity index (χ3v) is 4.72. The Morgan fingerprint density at radius 1 is 1.06 bits per heavy atom. The molecule has 0 radical (unpaired) electrons. The number of ether oxygens (including phenoxy) is 1. The fourth-order valence-corrected chi connectivity index (χ4v) is 3.48. The molecule has 0 bridgehead atoms. The van der Waals surface area contributed by atoms with E-state index in [0.717, 1.165) is 44.3 Å². The molecule has 2 nitrogen and oxygen atoms in total. The van der Waals surface area contributed by atoms with Crippen LogP contribution in [-0.4, -0.2) is 24.4 Å². The summed E-state index contributed by atoms with van der Waals surface area (Å²) in [7, 11) is 0. The maximum Gasteiger partial charge on any atom is 0.0571 e. The smallest absolute Gasteiger partial charge is 0.0571 e. The molecule has 0 aromatic heterocycles. The molecular formula is C14H26O2. The van der Waals surface area contributed by atoms with E-state index in [4.69, 9.17) is 4.74 Å². The lowest BCUT2D eigenvalue weighted by Crippen LogP contribution is -2.38. The van der Waals surface area contributed by atoms with Crippen molar-refractivity contribution in [2.45, 2.75) is 52.1 Å². The lowest BCUT2D eigenvalue weighted by Gasteiger charge is -2.40. The normalized spacial score (nSPS) is 37.9. The van der Waals surface area contributed by atoms with Crippen molar-refractivity contribution in [3.63, 3.8) is 0 Å². The van der Waals surface area contributed by atoms with Gasteiger partial charge in [0.1, 0.15) is 0 Å². The Balaban J connectivity index is 1.94. The van der Waals surface area contributed by atoms with Crippen LogP contribution in [0, 0.1) is 23.7 Å². The summed E-state index contributed by atoms with van der Waals surface area (Å²) in [6.45, 7) is 6.45. The van der Waals surface area contributed by atoms with Crippen LogP contribution in [-0.2, 0) is 4.74 Å². The van der Waals surface area contributed by atoms with Crippen molar-refractivity contribution in [3.05, 3.63) is 0 Å². The molecule has 1 aliphatic heterocycles. The summed E-state index contributed by atoms with van der Waals surface area (Å²) in [5, 5.41) is 10.2. The van der Waals surface area contributed by atoms with E-state index in [1.54, 1.807) is 0 Å². The standard InChI is InChI=1S/C14H26O2/c1-10(2)12-3-4-14(15)13(9-12)11-5-7-16-8-6-11/h10-15H,3-9H2,1-2H3. The third kappa shape index (κ3) is 2.78. The number of hydrogen-bond acceptors (Lipinski definition) is 2. The Labute approximate surface area is 99.4 Å². The van der Waals surface area contributed by atoms with Crippen molar-refractivity contribution in [2.24, 2.45) is 23.7 Å². The molecule has 1 saturated heterocycles. The van der Waals surface area contributed by atoms with Gasteiger partial charge in [0.25, 0.3) is 0 Å². The summed E-state index contributed by atoms with van der Waals surface area (Å²) in [6, 6.07) is 0. The third-order valence-electron chi connectivity index (χ3n) is 4.72. The van der Waals surface area contributed by atoms with Crippen molar-refractivity contribution in [1.82, 2.24) is 0 Å². The summed E-state index contributed by atoms with van der Waals surface area (Å²) in [4.78, 5) is 0. The fraction of sp³-hybridized carbons (Fsp3) is 1.00. The van der Waals surface area contributed by atoms with E-state index in [0.29, 0.717) is 11.8 Å². The molecule has 2 heteroatoms. The zero-order chi connectivity index (χ0) is 11.5. The average molecular weight is 226 g/mol. The first-order valence-electron chi connectivity index (χ1n) is 6.94. The van der Waals surface area contributed by atoms with Crippen LogP contribution >= 0.6 is 0 Å². The predicted molar refractivity (Wildman–Crippen MR) is 65.2 cm³/mol. The Morgan fingerprint density at radius 2 is 1.75 bits per heavy atom. The number of aliphatic hydroxyl groups excluding tert-OH is 1. The topological polar surface area (TPSA) is 29.5 Å². The van der Waals surface area contributed by atoms with E-state index in [-0.39, 0.29) is 6.10 Å².